The van der Waals surface area contributed by atoms with Crippen LogP contribution in [0.15, 0.2) is 48.5 Å². The first-order valence-electron chi connectivity index (χ1n) is 6.41. The van der Waals surface area contributed by atoms with Crippen LogP contribution in [-0.2, 0) is 6.42 Å². The fraction of sp³-hybridized carbons (Fsp3) is 0.188. The van der Waals surface area contributed by atoms with E-state index in [1.165, 1.54) is 5.56 Å². The molecule has 3 nitrogen and oxygen atoms in total. The molecule has 0 aliphatic rings. The second kappa shape index (κ2) is 6.05. The zero-order valence-electron chi connectivity index (χ0n) is 11.2. The lowest BCUT2D eigenvalue weighted by atomic mass is 10.1. The lowest BCUT2D eigenvalue weighted by Gasteiger charge is -2.09. The third-order valence-corrected chi connectivity index (χ3v) is 2.96. The van der Waals surface area contributed by atoms with Gasteiger partial charge >= 0.3 is 0 Å². The van der Waals surface area contributed by atoms with Crippen molar-refractivity contribution in [3.05, 3.63) is 65.2 Å². The molecule has 2 rings (SSSR count). The highest BCUT2D eigenvalue weighted by Gasteiger charge is 2.04. The van der Waals surface area contributed by atoms with Crippen molar-refractivity contribution in [2.75, 3.05) is 5.43 Å². The minimum Gasteiger partial charge on any atom is -0.298 e. The van der Waals surface area contributed by atoms with Crippen LogP contribution in [0.4, 0.5) is 5.69 Å². The van der Waals surface area contributed by atoms with Crippen LogP contribution in [0.2, 0.25) is 0 Å². The van der Waals surface area contributed by atoms with Crippen LogP contribution in [0, 0.1) is 6.92 Å². The minimum atomic E-state index is -0.135. The van der Waals surface area contributed by atoms with Gasteiger partial charge in [-0.2, -0.15) is 0 Å². The van der Waals surface area contributed by atoms with Crippen molar-refractivity contribution >= 4 is 11.6 Å². The summed E-state index contributed by atoms with van der Waals surface area (Å²) in [5.41, 5.74) is 9.50. The van der Waals surface area contributed by atoms with Crippen molar-refractivity contribution in [1.82, 2.24) is 5.43 Å². The largest absolute Gasteiger partial charge is 0.298 e. The Bertz CT molecular complexity index is 561. The molecular formula is C16H18N2O. The number of benzene rings is 2. The molecule has 0 aromatic heterocycles. The molecule has 0 fully saturated rings. The fourth-order valence-corrected chi connectivity index (χ4v) is 1.82. The molecule has 0 atom stereocenters. The quantitative estimate of drug-likeness (QED) is 0.822. The van der Waals surface area contributed by atoms with E-state index in [9.17, 15) is 4.79 Å². The predicted octanol–water partition coefficient (Wildman–Crippen LogP) is 3.31. The first kappa shape index (κ1) is 13.1. The van der Waals surface area contributed by atoms with E-state index in [0.717, 1.165) is 17.7 Å². The summed E-state index contributed by atoms with van der Waals surface area (Å²) in [6, 6.07) is 15.5. The Hall–Kier alpha value is -2.29. The van der Waals surface area contributed by atoms with E-state index in [4.69, 9.17) is 0 Å². The molecule has 3 heteroatoms. The van der Waals surface area contributed by atoms with Gasteiger partial charge in [0.1, 0.15) is 0 Å². The number of hydrazine groups is 1. The minimum absolute atomic E-state index is 0.135. The molecule has 0 bridgehead atoms. The summed E-state index contributed by atoms with van der Waals surface area (Å²) < 4.78 is 0. The second-order valence-electron chi connectivity index (χ2n) is 4.50. The SMILES string of the molecule is CCc1ccc(C(=O)NNc2cccc(C)c2)cc1. The molecule has 98 valence electrons. The number of carbonyl (C=O) groups excluding carboxylic acids is 1. The van der Waals surface area contributed by atoms with Gasteiger partial charge in [-0.3, -0.25) is 15.6 Å². The smallest absolute Gasteiger partial charge is 0.269 e. The molecule has 0 spiro atoms. The van der Waals surface area contributed by atoms with Gasteiger partial charge in [0.15, 0.2) is 0 Å². The third-order valence-electron chi connectivity index (χ3n) is 2.96. The number of hydrogen-bond donors (Lipinski definition) is 2. The first-order chi connectivity index (χ1) is 9.19. The highest BCUT2D eigenvalue weighted by atomic mass is 16.2. The van der Waals surface area contributed by atoms with Crippen molar-refractivity contribution in [3.63, 3.8) is 0 Å². The summed E-state index contributed by atoms with van der Waals surface area (Å²) in [7, 11) is 0. The van der Waals surface area contributed by atoms with E-state index in [-0.39, 0.29) is 5.91 Å². The lowest BCUT2D eigenvalue weighted by Crippen LogP contribution is -2.29. The van der Waals surface area contributed by atoms with E-state index in [0.29, 0.717) is 5.56 Å². The van der Waals surface area contributed by atoms with Gasteiger partial charge in [-0.15, -0.1) is 0 Å². The van der Waals surface area contributed by atoms with Gasteiger partial charge in [0.25, 0.3) is 5.91 Å². The average Bonchev–Trinajstić information content (AvgIpc) is 2.45. The van der Waals surface area contributed by atoms with Crippen LogP contribution in [0.25, 0.3) is 0 Å². The summed E-state index contributed by atoms with van der Waals surface area (Å²) in [5.74, 6) is -0.135. The number of rotatable bonds is 4. The summed E-state index contributed by atoms with van der Waals surface area (Å²) in [5, 5.41) is 0. The standard InChI is InChI=1S/C16H18N2O/c1-3-13-7-9-14(10-8-13)16(19)18-17-15-6-4-5-12(2)11-15/h4-11,17H,3H2,1-2H3,(H,18,19). The molecule has 2 aromatic carbocycles. The molecular weight excluding hydrogens is 236 g/mol. The molecule has 0 aliphatic heterocycles. The van der Waals surface area contributed by atoms with Crippen molar-refractivity contribution in [2.45, 2.75) is 20.3 Å². The Morgan fingerprint density at radius 2 is 1.84 bits per heavy atom. The maximum Gasteiger partial charge on any atom is 0.269 e. The summed E-state index contributed by atoms with van der Waals surface area (Å²) >= 11 is 0. The van der Waals surface area contributed by atoms with E-state index >= 15 is 0 Å². The average molecular weight is 254 g/mol. The monoisotopic (exact) mass is 254 g/mol. The fourth-order valence-electron chi connectivity index (χ4n) is 1.82. The first-order valence-corrected chi connectivity index (χ1v) is 6.41. The molecule has 0 heterocycles. The Balaban J connectivity index is 1.97. The van der Waals surface area contributed by atoms with Crippen molar-refractivity contribution < 1.29 is 4.79 Å². The Kier molecular flexibility index (Phi) is 4.18. The number of amides is 1. The Morgan fingerprint density at radius 1 is 1.11 bits per heavy atom. The molecule has 19 heavy (non-hydrogen) atoms. The highest BCUT2D eigenvalue weighted by Crippen LogP contribution is 2.09. The Morgan fingerprint density at radius 3 is 2.47 bits per heavy atom. The van der Waals surface area contributed by atoms with Crippen LogP contribution in [0.5, 0.6) is 0 Å². The molecule has 2 N–H and O–H groups in total. The Labute approximate surface area is 113 Å². The van der Waals surface area contributed by atoms with Gasteiger partial charge in [0, 0.05) is 5.56 Å². The molecule has 0 unspecified atom stereocenters. The highest BCUT2D eigenvalue weighted by molar-refractivity contribution is 5.94. The molecule has 1 amide bonds. The van der Waals surface area contributed by atoms with Gasteiger partial charge in [0.05, 0.1) is 5.69 Å². The van der Waals surface area contributed by atoms with Gasteiger partial charge in [0.2, 0.25) is 0 Å². The van der Waals surface area contributed by atoms with Gasteiger partial charge < -0.3 is 0 Å². The van der Waals surface area contributed by atoms with Gasteiger partial charge in [-0.1, -0.05) is 31.2 Å². The van der Waals surface area contributed by atoms with E-state index < -0.39 is 0 Å². The summed E-state index contributed by atoms with van der Waals surface area (Å²) in [4.78, 5) is 11.9. The van der Waals surface area contributed by atoms with Crippen LogP contribution in [0.1, 0.15) is 28.4 Å². The maximum atomic E-state index is 11.9. The van der Waals surface area contributed by atoms with Gasteiger partial charge in [-0.05, 0) is 48.7 Å². The van der Waals surface area contributed by atoms with Crippen molar-refractivity contribution in [3.8, 4) is 0 Å². The second-order valence-corrected chi connectivity index (χ2v) is 4.50. The van der Waals surface area contributed by atoms with Crippen molar-refractivity contribution in [1.29, 1.82) is 0 Å². The van der Waals surface area contributed by atoms with E-state index in [1.54, 1.807) is 0 Å². The number of aryl methyl sites for hydroxylation is 2. The summed E-state index contributed by atoms with van der Waals surface area (Å²) in [6.45, 7) is 4.10. The van der Waals surface area contributed by atoms with Crippen LogP contribution < -0.4 is 10.9 Å². The summed E-state index contributed by atoms with van der Waals surface area (Å²) in [6.07, 6.45) is 0.976. The molecule has 2 aromatic rings. The van der Waals surface area contributed by atoms with Crippen LogP contribution in [0.3, 0.4) is 0 Å². The van der Waals surface area contributed by atoms with Crippen molar-refractivity contribution in [2.24, 2.45) is 0 Å². The zero-order chi connectivity index (χ0) is 13.7. The number of anilines is 1. The lowest BCUT2D eigenvalue weighted by molar-refractivity contribution is 0.0962. The van der Waals surface area contributed by atoms with Gasteiger partial charge in [-0.25, -0.2) is 0 Å². The van der Waals surface area contributed by atoms with Crippen LogP contribution >= 0.6 is 0 Å². The topological polar surface area (TPSA) is 41.1 Å². The number of carbonyl (C=O) groups is 1. The van der Waals surface area contributed by atoms with Crippen LogP contribution in [-0.4, -0.2) is 5.91 Å². The number of hydrogen-bond acceptors (Lipinski definition) is 2. The predicted molar refractivity (Wildman–Crippen MR) is 78.1 cm³/mol. The molecule has 0 aliphatic carbocycles. The third kappa shape index (κ3) is 3.58. The van der Waals surface area contributed by atoms with E-state index in [1.807, 2.05) is 55.5 Å². The maximum absolute atomic E-state index is 11.9. The molecule has 0 saturated carbocycles. The van der Waals surface area contributed by atoms with E-state index in [2.05, 4.69) is 17.8 Å². The number of nitrogens with one attached hydrogen (secondary N) is 2. The molecule has 0 saturated heterocycles. The zero-order valence-corrected chi connectivity index (χ0v) is 11.2. The molecule has 0 radical (unpaired) electrons. The normalized spacial score (nSPS) is 10.0.